The Labute approximate surface area is 502 Å². The zero-order valence-electron chi connectivity index (χ0n) is 48.3. The van der Waals surface area contributed by atoms with E-state index in [9.17, 15) is 34.2 Å². The van der Waals surface area contributed by atoms with E-state index >= 15 is 0 Å². The van der Waals surface area contributed by atoms with E-state index in [2.05, 4.69) is 62.1 Å². The second-order valence-corrected chi connectivity index (χ2v) is 20.6. The van der Waals surface area contributed by atoms with Crippen LogP contribution in [0.1, 0.15) is 60.3 Å². The van der Waals surface area contributed by atoms with Crippen molar-refractivity contribution in [3.63, 3.8) is 0 Å². The molecule has 0 unspecified atom stereocenters. The highest BCUT2D eigenvalue weighted by molar-refractivity contribution is 8.00. The minimum absolute atomic E-state index is 0.0233. The first kappa shape index (κ1) is 68.4. The number of hydrogen-bond acceptors (Lipinski definition) is 25. The zero-order chi connectivity index (χ0) is 60.8. The Morgan fingerprint density at radius 3 is 1.87 bits per heavy atom. The molecule has 0 spiro atoms. The molecule has 2 saturated heterocycles. The number of carbonyl (C=O) groups is 5. The summed E-state index contributed by atoms with van der Waals surface area (Å²) in [5, 5.41) is 45.5. The van der Waals surface area contributed by atoms with Crippen LogP contribution in [0.2, 0.25) is 0 Å². The van der Waals surface area contributed by atoms with Crippen molar-refractivity contribution in [2.75, 3.05) is 155 Å². The molecule has 32 heteroatoms. The van der Waals surface area contributed by atoms with Crippen LogP contribution >= 0.6 is 11.8 Å². The van der Waals surface area contributed by atoms with Gasteiger partial charge < -0.3 is 95.2 Å². The maximum absolute atomic E-state index is 12.8. The number of fused-ring (bicyclic) bond motifs is 2. The van der Waals surface area contributed by atoms with E-state index in [1.807, 2.05) is 18.0 Å². The van der Waals surface area contributed by atoms with Gasteiger partial charge in [0, 0.05) is 48.2 Å². The molecular weight excluding hydrogens is 1150 g/mol. The van der Waals surface area contributed by atoms with Crippen molar-refractivity contribution in [1.29, 1.82) is 0 Å². The molecule has 5 amide bonds. The number of rotatable bonds is 49. The van der Waals surface area contributed by atoms with Crippen LogP contribution in [0.25, 0.3) is 11.2 Å². The van der Waals surface area contributed by atoms with Crippen LogP contribution in [0.3, 0.4) is 0 Å². The molecule has 2 aliphatic rings. The van der Waals surface area contributed by atoms with Crippen molar-refractivity contribution in [3.05, 3.63) is 53.6 Å². The lowest BCUT2D eigenvalue weighted by molar-refractivity contribution is -0.139. The van der Waals surface area contributed by atoms with E-state index in [4.69, 9.17) is 53.1 Å². The van der Waals surface area contributed by atoms with Crippen LogP contribution in [-0.4, -0.2) is 243 Å². The molecule has 0 saturated carbocycles. The van der Waals surface area contributed by atoms with E-state index in [1.54, 1.807) is 16.8 Å². The van der Waals surface area contributed by atoms with Crippen LogP contribution in [0.5, 0.6) is 5.88 Å². The molecule has 2 aliphatic heterocycles. The summed E-state index contributed by atoms with van der Waals surface area (Å²) in [5.74, 6) is -1.81. The second-order valence-electron chi connectivity index (χ2n) is 19.4. The number of benzene rings is 1. The van der Waals surface area contributed by atoms with Crippen molar-refractivity contribution in [2.24, 2.45) is 0 Å². The molecule has 1 aromatic carbocycles. The van der Waals surface area contributed by atoms with Crippen LogP contribution < -0.4 is 37.6 Å². The average molecular weight is 1230 g/mol. The van der Waals surface area contributed by atoms with Crippen molar-refractivity contribution in [1.82, 2.24) is 61.5 Å². The predicted octanol–water partition coefficient (Wildman–Crippen LogP) is 0.199. The van der Waals surface area contributed by atoms with Gasteiger partial charge in [-0.3, -0.25) is 14.4 Å². The summed E-state index contributed by atoms with van der Waals surface area (Å²) in [6.07, 6.45) is 6.30. The molecule has 3 aromatic heterocycles. The molecule has 4 aromatic rings. The Kier molecular flexibility index (Phi) is 32.3. The first-order valence-corrected chi connectivity index (χ1v) is 29.8. The van der Waals surface area contributed by atoms with E-state index in [0.29, 0.717) is 167 Å². The van der Waals surface area contributed by atoms with Crippen molar-refractivity contribution in [2.45, 2.75) is 81.6 Å². The summed E-state index contributed by atoms with van der Waals surface area (Å²) in [5.41, 5.74) is 7.84. The second kappa shape index (κ2) is 40.6. The third-order valence-corrected chi connectivity index (χ3v) is 14.3. The van der Waals surface area contributed by atoms with Gasteiger partial charge in [-0.2, -0.15) is 21.7 Å². The fourth-order valence-electron chi connectivity index (χ4n) is 8.42. The fraction of sp³-hybridized carbons (Fsp3) is 0.648. The molecule has 10 N–H and O–H groups in total. The zero-order valence-corrected chi connectivity index (χ0v) is 49.1. The quantitative estimate of drug-likeness (QED) is 0.0211. The van der Waals surface area contributed by atoms with Gasteiger partial charge in [-0.1, -0.05) is 11.6 Å². The highest BCUT2D eigenvalue weighted by Crippen LogP contribution is 2.33. The Balaban J connectivity index is 0.613. The maximum Gasteiger partial charge on any atom is 0.326 e. The summed E-state index contributed by atoms with van der Waals surface area (Å²) in [6, 6.07) is 5.38. The van der Waals surface area contributed by atoms with Gasteiger partial charge in [0.2, 0.25) is 23.6 Å². The van der Waals surface area contributed by atoms with Gasteiger partial charge >= 0.3 is 12.0 Å². The predicted molar refractivity (Wildman–Crippen MR) is 310 cm³/mol. The van der Waals surface area contributed by atoms with E-state index in [1.165, 1.54) is 18.3 Å². The van der Waals surface area contributed by atoms with Crippen molar-refractivity contribution in [3.8, 4) is 5.88 Å². The SMILES string of the molecule is Nc1nc(O)c2nc(CNc3ccc(C(=O)N[C@@H](CCC(=O)NCCOCCOCCOCCOCCOCCOCCOCCOCc4cn(CCOCCOCCNC(=O)CCCC[C@@H]5SC[C@@H]6NC(=O)N[C@@H]65)nn4)C(=O)O)cc3)cnc2n1. The van der Waals surface area contributed by atoms with Gasteiger partial charge in [0.25, 0.3) is 5.91 Å². The molecule has 86 heavy (non-hydrogen) atoms. The third-order valence-electron chi connectivity index (χ3n) is 12.8. The number of nitrogens with two attached hydrogens (primary N) is 1. The summed E-state index contributed by atoms with van der Waals surface area (Å²) in [4.78, 5) is 76.8. The smallest absolute Gasteiger partial charge is 0.326 e. The lowest BCUT2D eigenvalue weighted by atomic mass is 10.0. The number of thioether (sulfide) groups is 1. The summed E-state index contributed by atoms with van der Waals surface area (Å²) >= 11 is 1.89. The maximum atomic E-state index is 12.8. The first-order chi connectivity index (χ1) is 42.0. The largest absolute Gasteiger partial charge is 0.492 e. The summed E-state index contributed by atoms with van der Waals surface area (Å²) < 4.78 is 57.2. The average Bonchev–Trinajstić information content (AvgIpc) is 3.93. The fourth-order valence-corrected chi connectivity index (χ4v) is 9.97. The lowest BCUT2D eigenvalue weighted by Gasteiger charge is -2.16. The molecule has 31 nitrogen and oxygen atoms in total. The minimum atomic E-state index is -1.29. The monoisotopic (exact) mass is 1230 g/mol. The topological polar surface area (TPSA) is 399 Å². The van der Waals surface area contributed by atoms with Crippen LogP contribution in [0.4, 0.5) is 16.4 Å². The van der Waals surface area contributed by atoms with Gasteiger partial charge in [-0.15, -0.1) is 5.10 Å². The Hall–Kier alpha value is -6.72. The molecule has 2 fully saturated rings. The number of urea groups is 1. The number of carboxylic acid groups (broad SMARTS) is 1. The number of unbranched alkanes of at least 4 members (excludes halogenated alkanes) is 1. The van der Waals surface area contributed by atoms with Crippen molar-refractivity contribution < 1.29 is 81.6 Å². The number of carboxylic acids is 1. The molecular formula is C54H82N14O17S. The number of aromatic hydroxyl groups is 1. The molecule has 4 atom stereocenters. The first-order valence-electron chi connectivity index (χ1n) is 28.7. The van der Waals surface area contributed by atoms with Gasteiger partial charge in [-0.05, 0) is 43.5 Å². The van der Waals surface area contributed by atoms with E-state index in [-0.39, 0.29) is 91.0 Å². The van der Waals surface area contributed by atoms with Crippen LogP contribution in [0, 0.1) is 0 Å². The minimum Gasteiger partial charge on any atom is -0.492 e. The molecule has 0 aliphatic carbocycles. The molecule has 476 valence electrons. The number of aromatic nitrogens is 7. The Morgan fingerprint density at radius 2 is 1.27 bits per heavy atom. The normalized spacial score (nSPS) is 15.7. The van der Waals surface area contributed by atoms with Crippen LogP contribution in [-0.2, 0) is 81.4 Å². The molecule has 0 bridgehead atoms. The standard InChI is InChI=1S/C54H82N14O17S/c55-53-64-49-48(51(72)65-53)60-40(34-59-49)33-58-39-7-5-38(6-8-39)50(71)61-42(52(73)74)9-10-46(70)57-12-15-77-18-20-79-21-22-80-23-24-81-25-26-82-27-28-83-29-30-84-31-32-85-36-41-35-68(67-66-41)13-16-78-19-17-76-14-11-56-45(69)4-2-1-3-44-47-43(37-86-44)62-54(75)63-47/h5-8,34-35,42-44,47,58H,1-4,9-33,36-37H2,(H,56,69)(H,57,70)(H,61,71)(H,73,74)(H2,62,63,75)(H3,55,59,64,65,72)/t42-,43-,44-,47-/m0/s1. The Bertz CT molecular complexity index is 2630. The number of nitrogens with zero attached hydrogens (tertiary/aromatic N) is 7. The van der Waals surface area contributed by atoms with Crippen molar-refractivity contribution >= 4 is 64.3 Å². The van der Waals surface area contributed by atoms with E-state index in [0.717, 1.165) is 25.0 Å². The molecule has 6 rings (SSSR count). The molecule has 5 heterocycles. The van der Waals surface area contributed by atoms with Crippen LogP contribution in [0.15, 0.2) is 36.7 Å². The summed E-state index contributed by atoms with van der Waals surface area (Å²) in [6.45, 7) is 9.33. The number of amides is 5. The highest BCUT2D eigenvalue weighted by Gasteiger charge is 2.42. The number of aliphatic carboxylic acids is 1. The Morgan fingerprint density at radius 1 is 0.698 bits per heavy atom. The number of ether oxygens (including phenoxy) is 10. The van der Waals surface area contributed by atoms with Gasteiger partial charge in [0.05, 0.1) is 175 Å². The van der Waals surface area contributed by atoms with Gasteiger partial charge in [0.15, 0.2) is 11.2 Å². The lowest BCUT2D eigenvalue weighted by Crippen LogP contribution is -2.41. The third kappa shape index (κ3) is 27.3. The number of carbonyl (C=O) groups excluding carboxylic acids is 4. The number of hydrogen-bond donors (Lipinski definition) is 9. The van der Waals surface area contributed by atoms with Gasteiger partial charge in [0.1, 0.15) is 11.7 Å². The van der Waals surface area contributed by atoms with E-state index < -0.39 is 17.9 Å². The molecule has 0 radical (unpaired) electrons. The number of anilines is 2. The number of nitrogens with one attached hydrogen (secondary N) is 6. The number of nitrogen functional groups attached to an aromatic ring is 1. The highest BCUT2D eigenvalue weighted by atomic mass is 32.2. The summed E-state index contributed by atoms with van der Waals surface area (Å²) in [7, 11) is 0. The van der Waals surface area contributed by atoms with Gasteiger partial charge in [-0.25, -0.2) is 24.2 Å².